The maximum atomic E-state index is 13.1. The van der Waals surface area contributed by atoms with Crippen LogP contribution >= 0.6 is 0 Å². The van der Waals surface area contributed by atoms with Gasteiger partial charge in [0.05, 0.1) is 5.92 Å². The third-order valence-electron chi connectivity index (χ3n) is 5.57. The molecule has 0 spiro atoms. The monoisotopic (exact) mass is 335 g/mol. The number of hydrogen-bond acceptors (Lipinski definition) is 3. The van der Waals surface area contributed by atoms with Crippen molar-refractivity contribution in [2.75, 3.05) is 31.1 Å². The van der Waals surface area contributed by atoms with Crippen LogP contribution in [0, 0.1) is 6.92 Å². The molecule has 0 bridgehead atoms. The summed E-state index contributed by atoms with van der Waals surface area (Å²) in [6.07, 6.45) is 6.77. The number of anilines is 1. The summed E-state index contributed by atoms with van der Waals surface area (Å²) in [6, 6.07) is 10.5. The average Bonchev–Trinajstić information content (AvgIpc) is 2.91. The van der Waals surface area contributed by atoms with Crippen LogP contribution in [0.2, 0.25) is 0 Å². The maximum Gasteiger partial charge on any atom is 0.230 e. The molecule has 2 aromatic rings. The van der Waals surface area contributed by atoms with Gasteiger partial charge in [0, 0.05) is 44.3 Å². The van der Waals surface area contributed by atoms with E-state index < -0.39 is 0 Å². The third kappa shape index (κ3) is 3.13. The van der Waals surface area contributed by atoms with E-state index in [0.717, 1.165) is 45.4 Å². The molecule has 2 aliphatic rings. The van der Waals surface area contributed by atoms with Crippen molar-refractivity contribution >= 4 is 11.6 Å². The number of pyridine rings is 1. The summed E-state index contributed by atoms with van der Waals surface area (Å²) in [6.45, 7) is 5.66. The Morgan fingerprint density at radius 3 is 2.88 bits per heavy atom. The Kier molecular flexibility index (Phi) is 4.43. The maximum absolute atomic E-state index is 13.1. The highest BCUT2D eigenvalue weighted by atomic mass is 16.2. The zero-order valence-electron chi connectivity index (χ0n) is 14.8. The Morgan fingerprint density at radius 2 is 2.00 bits per heavy atom. The Labute approximate surface area is 149 Å². The third-order valence-corrected chi connectivity index (χ3v) is 5.57. The molecule has 1 saturated heterocycles. The number of nitrogens with zero attached hydrogens (tertiary/aromatic N) is 3. The van der Waals surface area contributed by atoms with Crippen LogP contribution in [0.5, 0.6) is 0 Å². The standard InChI is InChI=1S/C21H25N3O/c1-16-15-22-10-9-20(16)23-11-4-12-24(14-13-23)21(25)19-8-7-17-5-2-3-6-18(17)19/h2-3,5-6,9-10,15,19H,4,7-8,11-14H2,1H3. The summed E-state index contributed by atoms with van der Waals surface area (Å²) in [5, 5.41) is 0. The largest absolute Gasteiger partial charge is 0.369 e. The number of benzene rings is 1. The van der Waals surface area contributed by atoms with Crippen LogP contribution in [0.3, 0.4) is 0 Å². The van der Waals surface area contributed by atoms with Crippen LogP contribution in [0.25, 0.3) is 0 Å². The van der Waals surface area contributed by atoms with Crippen LogP contribution in [0.1, 0.15) is 35.4 Å². The number of aromatic nitrogens is 1. The summed E-state index contributed by atoms with van der Waals surface area (Å²) >= 11 is 0. The van der Waals surface area contributed by atoms with Gasteiger partial charge in [-0.15, -0.1) is 0 Å². The van der Waals surface area contributed by atoms with Crippen LogP contribution < -0.4 is 4.90 Å². The first-order chi connectivity index (χ1) is 12.2. The number of rotatable bonds is 2. The molecule has 0 radical (unpaired) electrons. The highest BCUT2D eigenvalue weighted by molar-refractivity contribution is 5.85. The molecule has 1 aliphatic carbocycles. The van der Waals surface area contributed by atoms with Gasteiger partial charge >= 0.3 is 0 Å². The highest BCUT2D eigenvalue weighted by Gasteiger charge is 2.32. The first-order valence-corrected chi connectivity index (χ1v) is 9.26. The molecule has 25 heavy (non-hydrogen) atoms. The first-order valence-electron chi connectivity index (χ1n) is 9.26. The van der Waals surface area contributed by atoms with Crippen LogP contribution in [-0.4, -0.2) is 42.0 Å². The van der Waals surface area contributed by atoms with E-state index in [2.05, 4.69) is 52.0 Å². The van der Waals surface area contributed by atoms with Gasteiger partial charge in [0.1, 0.15) is 0 Å². The lowest BCUT2D eigenvalue weighted by atomic mass is 10.00. The smallest absolute Gasteiger partial charge is 0.230 e. The molecule has 1 amide bonds. The molecule has 0 N–H and O–H groups in total. The van der Waals surface area contributed by atoms with E-state index in [1.54, 1.807) is 0 Å². The van der Waals surface area contributed by atoms with Crippen molar-refractivity contribution in [2.24, 2.45) is 0 Å². The van der Waals surface area contributed by atoms with Crippen LogP contribution in [0.15, 0.2) is 42.7 Å². The lowest BCUT2D eigenvalue weighted by Gasteiger charge is -2.26. The quantitative estimate of drug-likeness (QED) is 0.846. The fourth-order valence-corrected chi connectivity index (χ4v) is 4.23. The van der Waals surface area contributed by atoms with Gasteiger partial charge in [0.15, 0.2) is 0 Å². The van der Waals surface area contributed by atoms with Gasteiger partial charge in [-0.1, -0.05) is 24.3 Å². The summed E-state index contributed by atoms with van der Waals surface area (Å²) in [5.41, 5.74) is 5.05. The Hall–Kier alpha value is -2.36. The van der Waals surface area contributed by atoms with Gasteiger partial charge in [0.25, 0.3) is 0 Å². The lowest BCUT2D eigenvalue weighted by Crippen LogP contribution is -2.37. The van der Waals surface area contributed by atoms with Crippen molar-refractivity contribution in [1.82, 2.24) is 9.88 Å². The normalized spacial score (nSPS) is 20.3. The summed E-state index contributed by atoms with van der Waals surface area (Å²) in [7, 11) is 0. The lowest BCUT2D eigenvalue weighted by molar-refractivity contribution is -0.132. The van der Waals surface area contributed by atoms with Crippen molar-refractivity contribution in [3.63, 3.8) is 0 Å². The second-order valence-electron chi connectivity index (χ2n) is 7.12. The minimum atomic E-state index is 0.0606. The second kappa shape index (κ2) is 6.87. The number of amides is 1. The molecule has 1 aromatic carbocycles. The van der Waals surface area contributed by atoms with Gasteiger partial charge in [-0.2, -0.15) is 0 Å². The van der Waals surface area contributed by atoms with Crippen molar-refractivity contribution in [3.8, 4) is 0 Å². The van der Waals surface area contributed by atoms with Crippen LogP contribution in [0.4, 0.5) is 5.69 Å². The van der Waals surface area contributed by atoms with E-state index in [1.807, 2.05) is 12.4 Å². The van der Waals surface area contributed by atoms with Gasteiger partial charge in [-0.25, -0.2) is 0 Å². The number of carbonyl (C=O) groups excluding carboxylic acids is 1. The molecule has 4 heteroatoms. The van der Waals surface area contributed by atoms with E-state index in [4.69, 9.17) is 0 Å². The zero-order valence-corrected chi connectivity index (χ0v) is 14.8. The highest BCUT2D eigenvalue weighted by Crippen LogP contribution is 2.34. The topological polar surface area (TPSA) is 36.4 Å². The summed E-state index contributed by atoms with van der Waals surface area (Å²) < 4.78 is 0. The molecule has 1 aliphatic heterocycles. The molecule has 1 unspecified atom stereocenters. The van der Waals surface area contributed by atoms with E-state index in [9.17, 15) is 4.79 Å². The van der Waals surface area contributed by atoms with E-state index >= 15 is 0 Å². The fraction of sp³-hybridized carbons (Fsp3) is 0.429. The Bertz CT molecular complexity index is 773. The molecule has 0 saturated carbocycles. The zero-order chi connectivity index (χ0) is 17.2. The van der Waals surface area contributed by atoms with Crippen molar-refractivity contribution < 1.29 is 4.79 Å². The van der Waals surface area contributed by atoms with Crippen molar-refractivity contribution in [2.45, 2.75) is 32.1 Å². The molecule has 1 aromatic heterocycles. The molecule has 1 fully saturated rings. The number of hydrogen-bond donors (Lipinski definition) is 0. The minimum absolute atomic E-state index is 0.0606. The Morgan fingerprint density at radius 1 is 1.12 bits per heavy atom. The predicted molar refractivity (Wildman–Crippen MR) is 99.9 cm³/mol. The molecular weight excluding hydrogens is 310 g/mol. The number of carbonyl (C=O) groups is 1. The number of fused-ring (bicyclic) bond motifs is 1. The average molecular weight is 335 g/mol. The van der Waals surface area contributed by atoms with Crippen molar-refractivity contribution in [3.05, 3.63) is 59.4 Å². The summed E-state index contributed by atoms with van der Waals surface area (Å²) in [5.74, 6) is 0.378. The minimum Gasteiger partial charge on any atom is -0.369 e. The van der Waals surface area contributed by atoms with E-state index in [1.165, 1.54) is 22.4 Å². The Balaban J connectivity index is 1.46. The molecule has 4 rings (SSSR count). The summed E-state index contributed by atoms with van der Waals surface area (Å²) in [4.78, 5) is 21.8. The fourth-order valence-electron chi connectivity index (χ4n) is 4.23. The molecule has 130 valence electrons. The molecule has 4 nitrogen and oxygen atoms in total. The van der Waals surface area contributed by atoms with E-state index in [0.29, 0.717) is 5.91 Å². The van der Waals surface area contributed by atoms with Crippen LogP contribution in [-0.2, 0) is 11.2 Å². The molecule has 2 heterocycles. The molecular formula is C21H25N3O. The number of aryl methyl sites for hydroxylation is 2. The van der Waals surface area contributed by atoms with E-state index in [-0.39, 0.29) is 5.92 Å². The SMILES string of the molecule is Cc1cnccc1N1CCCN(C(=O)C2CCc3ccccc32)CC1. The van der Waals surface area contributed by atoms with Gasteiger partial charge < -0.3 is 9.80 Å². The van der Waals surface area contributed by atoms with Gasteiger partial charge in [-0.05, 0) is 48.9 Å². The van der Waals surface area contributed by atoms with Gasteiger partial charge in [-0.3, -0.25) is 9.78 Å². The van der Waals surface area contributed by atoms with Gasteiger partial charge in [0.2, 0.25) is 5.91 Å². The second-order valence-corrected chi connectivity index (χ2v) is 7.12. The first kappa shape index (κ1) is 16.1. The predicted octanol–water partition coefficient (Wildman–Crippen LogP) is 3.16. The van der Waals surface area contributed by atoms with Crippen molar-refractivity contribution in [1.29, 1.82) is 0 Å². The molecule has 1 atom stereocenters.